The third kappa shape index (κ3) is 2.84. The average Bonchev–Trinajstić information content (AvgIpc) is 2.14. The van der Waals surface area contributed by atoms with Gasteiger partial charge in [0.15, 0.2) is 0 Å². The maximum atomic E-state index is 10.1. The van der Waals surface area contributed by atoms with E-state index < -0.39 is 0 Å². The molecule has 0 unspecified atom stereocenters. The second-order valence-electron chi connectivity index (χ2n) is 3.17. The van der Waals surface area contributed by atoms with Gasteiger partial charge >= 0.3 is 0 Å². The fourth-order valence-corrected chi connectivity index (χ4v) is 1.44. The van der Waals surface area contributed by atoms with Crippen LogP contribution in [-0.4, -0.2) is 12.9 Å². The highest BCUT2D eigenvalue weighted by molar-refractivity contribution is 9.10. The number of ether oxygens (including phenoxy) is 1. The Morgan fingerprint density at radius 2 is 1.93 bits per heavy atom. The minimum atomic E-state index is 0.439. The Hall–Kier alpha value is -0.830. The molecule has 0 spiro atoms. The third-order valence-electron chi connectivity index (χ3n) is 1.91. The first-order chi connectivity index (χ1) is 6.65. The van der Waals surface area contributed by atoms with Gasteiger partial charge in [-0.05, 0) is 37.1 Å². The van der Waals surface area contributed by atoms with Crippen molar-refractivity contribution in [1.82, 2.24) is 0 Å². The summed E-state index contributed by atoms with van der Waals surface area (Å²) in [5.74, 6) is 0.824. The van der Waals surface area contributed by atoms with Crippen molar-refractivity contribution in [3.8, 4) is 5.75 Å². The predicted molar refractivity (Wildman–Crippen MR) is 59.8 cm³/mol. The molecule has 0 atom stereocenters. The van der Waals surface area contributed by atoms with Gasteiger partial charge in [0.25, 0.3) is 0 Å². The van der Waals surface area contributed by atoms with E-state index in [9.17, 15) is 4.79 Å². The lowest BCUT2D eigenvalue weighted by Crippen LogP contribution is -1.98. The van der Waals surface area contributed by atoms with Crippen molar-refractivity contribution in [3.05, 3.63) is 27.7 Å². The number of halogens is 1. The zero-order valence-corrected chi connectivity index (χ0v) is 9.93. The van der Waals surface area contributed by atoms with E-state index in [2.05, 4.69) is 15.9 Å². The topological polar surface area (TPSA) is 26.3 Å². The molecule has 0 aromatic heterocycles. The van der Waals surface area contributed by atoms with E-state index in [0.717, 1.165) is 27.6 Å². The minimum absolute atomic E-state index is 0.439. The molecule has 0 aliphatic rings. The molecule has 3 heteroatoms. The molecule has 0 radical (unpaired) electrons. The van der Waals surface area contributed by atoms with Gasteiger partial charge in [0.1, 0.15) is 12.0 Å². The molecule has 1 rings (SSSR count). The van der Waals surface area contributed by atoms with Crippen molar-refractivity contribution in [2.24, 2.45) is 0 Å². The molecule has 1 aromatic rings. The highest BCUT2D eigenvalue weighted by Crippen LogP contribution is 2.26. The molecule has 0 saturated carbocycles. The lowest BCUT2D eigenvalue weighted by atomic mass is 10.1. The first-order valence-electron chi connectivity index (χ1n) is 4.48. The molecule has 14 heavy (non-hydrogen) atoms. The number of rotatable bonds is 4. The van der Waals surface area contributed by atoms with Crippen LogP contribution in [0.4, 0.5) is 0 Å². The number of aldehydes is 1. The number of carbonyl (C=O) groups excluding carboxylic acids is 1. The molecular weight excluding hydrogens is 244 g/mol. The van der Waals surface area contributed by atoms with E-state index in [-0.39, 0.29) is 0 Å². The summed E-state index contributed by atoms with van der Waals surface area (Å²) in [5, 5.41) is 0. The molecule has 0 amide bonds. The van der Waals surface area contributed by atoms with Crippen LogP contribution in [0, 0.1) is 13.8 Å². The van der Waals surface area contributed by atoms with Crippen LogP contribution in [0.2, 0.25) is 0 Å². The molecule has 0 aliphatic heterocycles. The van der Waals surface area contributed by atoms with E-state index in [1.165, 1.54) is 0 Å². The summed E-state index contributed by atoms with van der Waals surface area (Å²) in [7, 11) is 0. The molecule has 0 bridgehead atoms. The Bertz CT molecular complexity index is 311. The maximum absolute atomic E-state index is 10.1. The largest absolute Gasteiger partial charge is 0.493 e. The molecule has 0 saturated heterocycles. The van der Waals surface area contributed by atoms with E-state index in [0.29, 0.717) is 13.0 Å². The van der Waals surface area contributed by atoms with E-state index in [1.54, 1.807) is 0 Å². The van der Waals surface area contributed by atoms with Crippen LogP contribution in [0.5, 0.6) is 5.75 Å². The zero-order chi connectivity index (χ0) is 10.6. The monoisotopic (exact) mass is 256 g/mol. The smallest absolute Gasteiger partial charge is 0.123 e. The quantitative estimate of drug-likeness (QED) is 0.612. The highest BCUT2D eigenvalue weighted by atomic mass is 79.9. The van der Waals surface area contributed by atoms with Crippen molar-refractivity contribution in [2.45, 2.75) is 20.3 Å². The van der Waals surface area contributed by atoms with Crippen LogP contribution in [0.15, 0.2) is 16.6 Å². The number of hydrogen-bond acceptors (Lipinski definition) is 2. The molecule has 1 aromatic carbocycles. The minimum Gasteiger partial charge on any atom is -0.493 e. The molecule has 76 valence electrons. The van der Waals surface area contributed by atoms with Crippen LogP contribution in [0.1, 0.15) is 17.5 Å². The number of carbonyl (C=O) groups is 1. The van der Waals surface area contributed by atoms with E-state index in [1.807, 2.05) is 26.0 Å². The number of hydrogen-bond donors (Lipinski definition) is 0. The third-order valence-corrected chi connectivity index (χ3v) is 3.17. The predicted octanol–water partition coefficient (Wildman–Crippen LogP) is 3.03. The van der Waals surface area contributed by atoms with Crippen LogP contribution in [0.25, 0.3) is 0 Å². The Kier molecular flexibility index (Phi) is 4.14. The summed E-state index contributed by atoms with van der Waals surface area (Å²) in [6, 6.07) is 3.92. The van der Waals surface area contributed by atoms with Gasteiger partial charge in [-0.25, -0.2) is 0 Å². The Labute approximate surface area is 92.4 Å². The maximum Gasteiger partial charge on any atom is 0.123 e. The van der Waals surface area contributed by atoms with Gasteiger partial charge in [-0.2, -0.15) is 0 Å². The fourth-order valence-electron chi connectivity index (χ4n) is 1.21. The molecular formula is C11H13BrO2. The molecule has 0 fully saturated rings. The molecule has 0 aliphatic carbocycles. The van der Waals surface area contributed by atoms with Crippen LogP contribution in [0.3, 0.4) is 0 Å². The van der Waals surface area contributed by atoms with Crippen molar-refractivity contribution in [2.75, 3.05) is 6.61 Å². The summed E-state index contributed by atoms with van der Waals surface area (Å²) in [5.41, 5.74) is 2.29. The van der Waals surface area contributed by atoms with Crippen LogP contribution < -0.4 is 4.74 Å². The summed E-state index contributed by atoms with van der Waals surface area (Å²) < 4.78 is 6.52. The van der Waals surface area contributed by atoms with Gasteiger partial charge < -0.3 is 9.53 Å². The Morgan fingerprint density at radius 3 is 2.43 bits per heavy atom. The van der Waals surface area contributed by atoms with Gasteiger partial charge in [-0.3, -0.25) is 0 Å². The van der Waals surface area contributed by atoms with Crippen molar-refractivity contribution < 1.29 is 9.53 Å². The second kappa shape index (κ2) is 5.15. The normalized spacial score (nSPS) is 9.93. The highest BCUT2D eigenvalue weighted by Gasteiger charge is 2.02. The lowest BCUT2D eigenvalue weighted by molar-refractivity contribution is -0.108. The molecule has 2 nitrogen and oxygen atoms in total. The average molecular weight is 257 g/mol. The molecule has 0 heterocycles. The summed E-state index contributed by atoms with van der Waals surface area (Å²) >= 11 is 3.48. The Balaban J connectivity index is 2.74. The molecule has 0 N–H and O–H groups in total. The van der Waals surface area contributed by atoms with Gasteiger partial charge in [0, 0.05) is 10.9 Å². The second-order valence-corrected chi connectivity index (χ2v) is 3.97. The van der Waals surface area contributed by atoms with Gasteiger partial charge in [0.2, 0.25) is 0 Å². The summed E-state index contributed by atoms with van der Waals surface area (Å²) in [6.07, 6.45) is 1.30. The van der Waals surface area contributed by atoms with E-state index in [4.69, 9.17) is 4.74 Å². The van der Waals surface area contributed by atoms with Crippen LogP contribution >= 0.6 is 15.9 Å². The fraction of sp³-hybridized carbons (Fsp3) is 0.364. The van der Waals surface area contributed by atoms with Crippen molar-refractivity contribution in [3.63, 3.8) is 0 Å². The number of aryl methyl sites for hydroxylation is 2. The first-order valence-corrected chi connectivity index (χ1v) is 5.27. The van der Waals surface area contributed by atoms with Crippen molar-refractivity contribution in [1.29, 1.82) is 0 Å². The lowest BCUT2D eigenvalue weighted by Gasteiger charge is -2.08. The summed E-state index contributed by atoms with van der Waals surface area (Å²) in [4.78, 5) is 10.1. The standard InChI is InChI=1S/C11H13BrO2/c1-8-6-10(14-5-3-4-13)7-9(2)11(8)12/h4,6-7H,3,5H2,1-2H3. The SMILES string of the molecule is Cc1cc(OCCC=O)cc(C)c1Br. The van der Waals surface area contributed by atoms with E-state index >= 15 is 0 Å². The summed E-state index contributed by atoms with van der Waals surface area (Å²) in [6.45, 7) is 4.48. The number of benzene rings is 1. The van der Waals surface area contributed by atoms with Crippen LogP contribution in [-0.2, 0) is 4.79 Å². The van der Waals surface area contributed by atoms with Gasteiger partial charge in [-0.15, -0.1) is 0 Å². The van der Waals surface area contributed by atoms with Crippen molar-refractivity contribution >= 4 is 22.2 Å². The zero-order valence-electron chi connectivity index (χ0n) is 8.34. The first kappa shape index (κ1) is 11.2. The van der Waals surface area contributed by atoms with Gasteiger partial charge in [-0.1, -0.05) is 15.9 Å². The Morgan fingerprint density at radius 1 is 1.36 bits per heavy atom. The van der Waals surface area contributed by atoms with Gasteiger partial charge in [0.05, 0.1) is 6.61 Å².